The van der Waals surface area contributed by atoms with E-state index in [-0.39, 0.29) is 11.7 Å². The lowest BCUT2D eigenvalue weighted by molar-refractivity contribution is -0.113. The Morgan fingerprint density at radius 3 is 2.91 bits per heavy atom. The van der Waals surface area contributed by atoms with Crippen LogP contribution in [-0.2, 0) is 24.2 Å². The zero-order valence-corrected chi connectivity index (χ0v) is 20.2. The number of aromatic nitrogens is 3. The zero-order valence-electron chi connectivity index (χ0n) is 17.0. The molecule has 32 heavy (non-hydrogen) atoms. The minimum Gasteiger partial charge on any atom is -0.316 e. The van der Waals surface area contributed by atoms with E-state index in [4.69, 9.17) is 23.2 Å². The number of rotatable bonds is 7. The number of carbonyl (C=O) groups is 1. The Bertz CT molecular complexity index is 1230. The van der Waals surface area contributed by atoms with Crippen molar-refractivity contribution < 1.29 is 4.79 Å². The zero-order chi connectivity index (χ0) is 22.7. The molecule has 2 aromatic heterocycles. The summed E-state index contributed by atoms with van der Waals surface area (Å²) in [5.74, 6) is 0.522. The Labute approximate surface area is 204 Å². The van der Waals surface area contributed by atoms with Crippen molar-refractivity contribution in [3.63, 3.8) is 0 Å². The van der Waals surface area contributed by atoms with E-state index in [2.05, 4.69) is 28.2 Å². The number of benzene rings is 1. The fourth-order valence-electron chi connectivity index (χ4n) is 3.62. The van der Waals surface area contributed by atoms with Crippen molar-refractivity contribution in [1.29, 1.82) is 5.26 Å². The number of hydrogen-bond donors (Lipinski definition) is 1. The van der Waals surface area contributed by atoms with E-state index in [1.165, 1.54) is 28.0 Å². The van der Waals surface area contributed by atoms with E-state index in [0.29, 0.717) is 43.7 Å². The standard InChI is InChI=1S/C22H19Cl2N5OS2/c1-2-9-29-20(15-8-7-13(23)10-17(15)24)27-28-22(29)31-12-19(30)26-21-16(11-25)14-5-3-4-6-18(14)32-21/h2,7-8,10H,1,3-6,9,12H2,(H,26,30). The number of aryl methyl sites for hydroxylation is 1. The van der Waals surface area contributed by atoms with Crippen molar-refractivity contribution in [2.75, 3.05) is 11.1 Å². The first kappa shape index (κ1) is 22.9. The van der Waals surface area contributed by atoms with Crippen molar-refractivity contribution in [3.8, 4) is 17.5 Å². The number of anilines is 1. The van der Waals surface area contributed by atoms with Gasteiger partial charge in [0.1, 0.15) is 11.1 Å². The fourth-order valence-corrected chi connectivity index (χ4v) is 6.12. The molecule has 1 aliphatic rings. The van der Waals surface area contributed by atoms with Crippen LogP contribution in [0, 0.1) is 11.3 Å². The molecule has 0 saturated carbocycles. The average molecular weight is 504 g/mol. The number of halogens is 2. The average Bonchev–Trinajstić information content (AvgIpc) is 3.33. The van der Waals surface area contributed by atoms with Gasteiger partial charge in [0.15, 0.2) is 11.0 Å². The molecule has 10 heteroatoms. The molecule has 0 aliphatic heterocycles. The van der Waals surface area contributed by atoms with Gasteiger partial charge in [0.2, 0.25) is 5.91 Å². The SMILES string of the molecule is C=CCn1c(SCC(=O)Nc2sc3c(c2C#N)CCCC3)nnc1-c1ccc(Cl)cc1Cl. The van der Waals surface area contributed by atoms with Gasteiger partial charge in [-0.2, -0.15) is 5.26 Å². The Morgan fingerprint density at radius 2 is 2.16 bits per heavy atom. The van der Waals surface area contributed by atoms with Crippen LogP contribution in [0.1, 0.15) is 28.8 Å². The van der Waals surface area contributed by atoms with E-state index in [1.54, 1.807) is 24.3 Å². The molecular weight excluding hydrogens is 485 g/mol. The second kappa shape index (κ2) is 10.1. The van der Waals surface area contributed by atoms with Crippen LogP contribution >= 0.6 is 46.3 Å². The maximum atomic E-state index is 12.7. The lowest BCUT2D eigenvalue weighted by atomic mass is 9.96. The highest BCUT2D eigenvalue weighted by Gasteiger charge is 2.22. The van der Waals surface area contributed by atoms with Crippen molar-refractivity contribution in [3.05, 3.63) is 56.9 Å². The van der Waals surface area contributed by atoms with Crippen LogP contribution in [0.25, 0.3) is 11.4 Å². The van der Waals surface area contributed by atoms with Gasteiger partial charge in [0, 0.05) is 22.0 Å². The number of nitrogens with one attached hydrogen (secondary N) is 1. The molecule has 0 saturated heterocycles. The summed E-state index contributed by atoms with van der Waals surface area (Å²) >= 11 is 15.1. The molecule has 0 unspecified atom stereocenters. The first-order chi connectivity index (χ1) is 15.5. The minimum absolute atomic E-state index is 0.136. The van der Waals surface area contributed by atoms with Crippen LogP contribution < -0.4 is 5.32 Å². The van der Waals surface area contributed by atoms with Crippen LogP contribution in [0.4, 0.5) is 5.00 Å². The van der Waals surface area contributed by atoms with Gasteiger partial charge in [-0.25, -0.2) is 0 Å². The summed E-state index contributed by atoms with van der Waals surface area (Å²) in [6, 6.07) is 7.45. The summed E-state index contributed by atoms with van der Waals surface area (Å²) in [5, 5.41) is 23.2. The molecule has 1 aromatic carbocycles. The predicted octanol–water partition coefficient (Wildman–Crippen LogP) is 5.98. The normalized spacial score (nSPS) is 12.8. The summed E-state index contributed by atoms with van der Waals surface area (Å²) in [4.78, 5) is 13.9. The van der Waals surface area contributed by atoms with Crippen molar-refractivity contribution in [1.82, 2.24) is 14.8 Å². The number of nitrogens with zero attached hydrogens (tertiary/aromatic N) is 4. The molecule has 0 atom stereocenters. The molecule has 0 radical (unpaired) electrons. The predicted molar refractivity (Wildman–Crippen MR) is 131 cm³/mol. The molecule has 6 nitrogen and oxygen atoms in total. The van der Waals surface area contributed by atoms with Gasteiger partial charge >= 0.3 is 0 Å². The van der Waals surface area contributed by atoms with Gasteiger partial charge in [-0.1, -0.05) is 41.0 Å². The van der Waals surface area contributed by atoms with Crippen molar-refractivity contribution in [2.45, 2.75) is 37.4 Å². The highest BCUT2D eigenvalue weighted by Crippen LogP contribution is 2.38. The quantitative estimate of drug-likeness (QED) is 0.316. The molecule has 0 fully saturated rings. The Balaban J connectivity index is 1.50. The fraction of sp³-hybridized carbons (Fsp3) is 0.273. The Kier molecular flexibility index (Phi) is 7.21. The van der Waals surface area contributed by atoms with Crippen LogP contribution in [0.2, 0.25) is 10.0 Å². The van der Waals surface area contributed by atoms with Crippen LogP contribution in [0.5, 0.6) is 0 Å². The van der Waals surface area contributed by atoms with Crippen molar-refractivity contribution >= 4 is 57.2 Å². The maximum absolute atomic E-state index is 12.7. The van der Waals surface area contributed by atoms with E-state index >= 15 is 0 Å². The number of fused-ring (bicyclic) bond motifs is 1. The molecule has 2 heterocycles. The summed E-state index contributed by atoms with van der Waals surface area (Å²) in [6.07, 6.45) is 5.82. The molecule has 3 aromatic rings. The highest BCUT2D eigenvalue weighted by molar-refractivity contribution is 7.99. The van der Waals surface area contributed by atoms with E-state index < -0.39 is 0 Å². The van der Waals surface area contributed by atoms with E-state index in [1.807, 2.05) is 4.57 Å². The highest BCUT2D eigenvalue weighted by atomic mass is 35.5. The summed E-state index contributed by atoms with van der Waals surface area (Å²) in [5.41, 5.74) is 2.41. The van der Waals surface area contributed by atoms with E-state index in [0.717, 1.165) is 31.2 Å². The molecule has 0 bridgehead atoms. The molecule has 1 amide bonds. The first-order valence-corrected chi connectivity index (χ1v) is 12.5. The molecule has 4 rings (SSSR count). The van der Waals surface area contributed by atoms with Gasteiger partial charge in [0.25, 0.3) is 0 Å². The third-order valence-corrected chi connectivity index (χ3v) is 7.79. The topological polar surface area (TPSA) is 83.6 Å². The van der Waals surface area contributed by atoms with Crippen LogP contribution in [0.15, 0.2) is 36.0 Å². The number of hydrogen-bond acceptors (Lipinski definition) is 6. The second-order valence-electron chi connectivity index (χ2n) is 7.19. The number of nitriles is 1. The summed E-state index contributed by atoms with van der Waals surface area (Å²) < 4.78 is 1.85. The Morgan fingerprint density at radius 1 is 1.34 bits per heavy atom. The first-order valence-electron chi connectivity index (χ1n) is 9.98. The van der Waals surface area contributed by atoms with Gasteiger partial charge in [-0.15, -0.1) is 28.1 Å². The molecule has 1 aliphatic carbocycles. The van der Waals surface area contributed by atoms with Gasteiger partial charge in [-0.3, -0.25) is 9.36 Å². The molecule has 1 N–H and O–H groups in total. The molecule has 164 valence electrons. The number of thioether (sulfide) groups is 1. The largest absolute Gasteiger partial charge is 0.316 e. The van der Waals surface area contributed by atoms with Gasteiger partial charge < -0.3 is 5.32 Å². The van der Waals surface area contributed by atoms with Gasteiger partial charge in [-0.05, 0) is 49.4 Å². The Hall–Kier alpha value is -2.31. The van der Waals surface area contributed by atoms with Crippen molar-refractivity contribution in [2.24, 2.45) is 0 Å². The third kappa shape index (κ3) is 4.71. The third-order valence-electron chi connectivity index (χ3n) is 5.07. The number of allylic oxidation sites excluding steroid dienone is 1. The van der Waals surface area contributed by atoms with Crippen LogP contribution in [0.3, 0.4) is 0 Å². The van der Waals surface area contributed by atoms with Crippen LogP contribution in [-0.4, -0.2) is 26.4 Å². The second-order valence-corrected chi connectivity index (χ2v) is 10.1. The molecular formula is C22H19Cl2N5OS2. The number of thiophene rings is 1. The maximum Gasteiger partial charge on any atom is 0.235 e. The summed E-state index contributed by atoms with van der Waals surface area (Å²) in [6.45, 7) is 4.26. The number of amides is 1. The minimum atomic E-state index is -0.190. The lowest BCUT2D eigenvalue weighted by Gasteiger charge is -2.09. The summed E-state index contributed by atoms with van der Waals surface area (Å²) in [7, 11) is 0. The molecule has 0 spiro atoms. The van der Waals surface area contributed by atoms with Gasteiger partial charge in [0.05, 0.1) is 16.3 Å². The monoisotopic (exact) mass is 503 g/mol. The van der Waals surface area contributed by atoms with E-state index in [9.17, 15) is 10.1 Å². The number of carbonyl (C=O) groups excluding carboxylic acids is 1. The lowest BCUT2D eigenvalue weighted by Crippen LogP contribution is -2.14. The smallest absolute Gasteiger partial charge is 0.235 e.